The van der Waals surface area contributed by atoms with Gasteiger partial charge in [0.05, 0.1) is 12.1 Å². The Hall–Kier alpha value is -1.79. The molecule has 0 aromatic rings. The molecule has 144 valence electrons. The van der Waals surface area contributed by atoms with Crippen molar-refractivity contribution >= 4 is 17.8 Å². The fourth-order valence-corrected chi connectivity index (χ4v) is 2.47. The van der Waals surface area contributed by atoms with E-state index in [0.29, 0.717) is 0 Å². The molecule has 1 aliphatic rings. The number of esters is 1. The first kappa shape index (κ1) is 21.3. The van der Waals surface area contributed by atoms with Crippen LogP contribution in [0, 0.1) is 0 Å². The van der Waals surface area contributed by atoms with E-state index in [2.05, 4.69) is 10.1 Å². The van der Waals surface area contributed by atoms with Crippen molar-refractivity contribution in [1.82, 2.24) is 5.32 Å². The predicted molar refractivity (Wildman–Crippen MR) is 79.0 cm³/mol. The summed E-state index contributed by atoms with van der Waals surface area (Å²) in [5.41, 5.74) is -2.12. The van der Waals surface area contributed by atoms with Crippen molar-refractivity contribution in [2.24, 2.45) is 0 Å². The number of aliphatic carboxylic acids is 1. The zero-order chi connectivity index (χ0) is 19.6. The molecule has 0 aromatic heterocycles. The average molecular weight is 365 g/mol. The molecular formula is C14H23NO10. The summed E-state index contributed by atoms with van der Waals surface area (Å²) in [5.74, 6) is -6.01. The summed E-state index contributed by atoms with van der Waals surface area (Å²) in [6, 6.07) is -1.32. The van der Waals surface area contributed by atoms with Crippen molar-refractivity contribution in [2.45, 2.75) is 62.9 Å². The lowest BCUT2D eigenvalue weighted by atomic mass is 9.84. The van der Waals surface area contributed by atoms with Gasteiger partial charge in [0.25, 0.3) is 5.79 Å². The van der Waals surface area contributed by atoms with Crippen LogP contribution in [0.5, 0.6) is 0 Å². The molecule has 11 heteroatoms. The van der Waals surface area contributed by atoms with Crippen LogP contribution in [-0.4, -0.2) is 85.7 Å². The summed E-state index contributed by atoms with van der Waals surface area (Å²) >= 11 is 0. The van der Waals surface area contributed by atoms with Crippen LogP contribution in [0.15, 0.2) is 0 Å². The molecule has 6 N–H and O–H groups in total. The van der Waals surface area contributed by atoms with Crippen LogP contribution in [0.1, 0.15) is 27.2 Å². The number of amides is 1. The second-order valence-electron chi connectivity index (χ2n) is 6.25. The molecule has 1 unspecified atom stereocenters. The molecule has 11 nitrogen and oxygen atoms in total. The number of ether oxygens (including phenoxy) is 2. The van der Waals surface area contributed by atoms with Crippen LogP contribution < -0.4 is 5.32 Å². The minimum atomic E-state index is -2.84. The first-order chi connectivity index (χ1) is 11.3. The highest BCUT2D eigenvalue weighted by Crippen LogP contribution is 2.32. The second-order valence-corrected chi connectivity index (χ2v) is 6.25. The van der Waals surface area contributed by atoms with E-state index in [0.717, 1.165) is 20.8 Å². The molecule has 25 heavy (non-hydrogen) atoms. The first-order valence-electron chi connectivity index (χ1n) is 7.42. The summed E-state index contributed by atoms with van der Waals surface area (Å²) in [6.07, 6.45) is -6.01. The van der Waals surface area contributed by atoms with E-state index < -0.39 is 66.6 Å². The van der Waals surface area contributed by atoms with Crippen LogP contribution in [0.25, 0.3) is 0 Å². The maximum Gasteiger partial charge on any atom is 0.364 e. The summed E-state index contributed by atoms with van der Waals surface area (Å²) in [4.78, 5) is 33.4. The van der Waals surface area contributed by atoms with E-state index in [9.17, 15) is 34.8 Å². The third kappa shape index (κ3) is 5.09. The molecule has 1 saturated heterocycles. The normalized spacial score (nSPS) is 33.0. The van der Waals surface area contributed by atoms with Gasteiger partial charge < -0.3 is 40.3 Å². The van der Waals surface area contributed by atoms with Gasteiger partial charge in [0.15, 0.2) is 0 Å². The van der Waals surface area contributed by atoms with Gasteiger partial charge >= 0.3 is 11.9 Å². The summed E-state index contributed by atoms with van der Waals surface area (Å²) in [6.45, 7) is 2.60. The molecule has 1 heterocycles. The molecule has 1 aliphatic heterocycles. The number of aliphatic hydroxyl groups is 4. The van der Waals surface area contributed by atoms with Gasteiger partial charge in [-0.25, -0.2) is 4.79 Å². The number of carboxylic acid groups (broad SMARTS) is 1. The number of aliphatic hydroxyl groups excluding tert-OH is 2. The number of carbonyl (C=O) groups excluding carboxylic acids is 2. The Kier molecular flexibility index (Phi) is 6.48. The Morgan fingerprint density at radius 1 is 1.40 bits per heavy atom. The van der Waals surface area contributed by atoms with Gasteiger partial charge in [0.1, 0.15) is 24.4 Å². The Morgan fingerprint density at radius 2 is 1.96 bits per heavy atom. The number of nitrogens with one attached hydrogen (secondary N) is 1. The molecule has 0 saturated carbocycles. The quantitative estimate of drug-likeness (QED) is 0.267. The van der Waals surface area contributed by atoms with E-state index in [1.807, 2.05) is 0 Å². The van der Waals surface area contributed by atoms with E-state index >= 15 is 0 Å². The smallest absolute Gasteiger partial charge is 0.364 e. The van der Waals surface area contributed by atoms with E-state index in [4.69, 9.17) is 9.84 Å². The zero-order valence-electron chi connectivity index (χ0n) is 14.0. The number of carboxylic acids is 1. The molecule has 1 amide bonds. The topological polar surface area (TPSA) is 183 Å². The van der Waals surface area contributed by atoms with E-state index in [1.54, 1.807) is 0 Å². The molecule has 0 aromatic carbocycles. The molecule has 6 atom stereocenters. The van der Waals surface area contributed by atoms with Gasteiger partial charge in [-0.1, -0.05) is 0 Å². The summed E-state index contributed by atoms with van der Waals surface area (Å²) in [5, 5.41) is 52.2. The van der Waals surface area contributed by atoms with Gasteiger partial charge in [0.2, 0.25) is 5.91 Å². The van der Waals surface area contributed by atoms with Gasteiger partial charge in [-0.05, 0) is 6.92 Å². The van der Waals surface area contributed by atoms with Crippen LogP contribution in [-0.2, 0) is 23.9 Å². The SMILES string of the molecule is CC(=O)N[C@H]1[C@H]([C@H](O)[C@](C)(O)COC(C)=O)OC(O)(C(=O)O)C[C@@H]1O. The fraction of sp³-hybridized carbons (Fsp3) is 0.786. The molecule has 0 radical (unpaired) electrons. The predicted octanol–water partition coefficient (Wildman–Crippen LogP) is -2.91. The van der Waals surface area contributed by atoms with E-state index in [1.165, 1.54) is 0 Å². The van der Waals surface area contributed by atoms with Crippen molar-refractivity contribution in [2.75, 3.05) is 6.61 Å². The monoisotopic (exact) mass is 365 g/mol. The molecule has 1 rings (SSSR count). The third-order valence-electron chi connectivity index (χ3n) is 3.81. The van der Waals surface area contributed by atoms with Gasteiger partial charge in [-0.3, -0.25) is 9.59 Å². The summed E-state index contributed by atoms with van der Waals surface area (Å²) < 4.78 is 9.63. The Bertz CT molecular complexity index is 536. The molecule has 0 spiro atoms. The summed E-state index contributed by atoms with van der Waals surface area (Å²) in [7, 11) is 0. The number of hydrogen-bond donors (Lipinski definition) is 6. The fourth-order valence-electron chi connectivity index (χ4n) is 2.47. The van der Waals surface area contributed by atoms with Crippen molar-refractivity contribution in [3.63, 3.8) is 0 Å². The molecule has 0 aliphatic carbocycles. The van der Waals surface area contributed by atoms with E-state index in [-0.39, 0.29) is 0 Å². The minimum absolute atomic E-state index is 0.620. The Labute approximate surface area is 143 Å². The number of carbonyl (C=O) groups is 3. The lowest BCUT2D eigenvalue weighted by Gasteiger charge is -2.46. The zero-order valence-corrected chi connectivity index (χ0v) is 14.0. The highest BCUT2D eigenvalue weighted by Gasteiger charge is 2.55. The Balaban J connectivity index is 3.14. The lowest BCUT2D eigenvalue weighted by Crippen LogP contribution is -2.69. The van der Waals surface area contributed by atoms with Crippen molar-refractivity contribution in [1.29, 1.82) is 0 Å². The van der Waals surface area contributed by atoms with Crippen molar-refractivity contribution < 1.29 is 49.4 Å². The van der Waals surface area contributed by atoms with Gasteiger partial charge in [0, 0.05) is 20.3 Å². The lowest BCUT2D eigenvalue weighted by molar-refractivity contribution is -0.301. The first-order valence-corrected chi connectivity index (χ1v) is 7.42. The second kappa shape index (κ2) is 7.62. The van der Waals surface area contributed by atoms with Crippen LogP contribution in [0.3, 0.4) is 0 Å². The average Bonchev–Trinajstić information content (AvgIpc) is 2.46. The highest BCUT2D eigenvalue weighted by molar-refractivity contribution is 5.76. The molecular weight excluding hydrogens is 342 g/mol. The molecule has 0 bridgehead atoms. The highest BCUT2D eigenvalue weighted by atomic mass is 16.7. The maximum absolute atomic E-state index is 11.3. The van der Waals surface area contributed by atoms with Crippen LogP contribution in [0.4, 0.5) is 0 Å². The third-order valence-corrected chi connectivity index (χ3v) is 3.81. The largest absolute Gasteiger partial charge is 0.477 e. The van der Waals surface area contributed by atoms with Crippen molar-refractivity contribution in [3.8, 4) is 0 Å². The van der Waals surface area contributed by atoms with Crippen LogP contribution >= 0.6 is 0 Å². The maximum atomic E-state index is 11.3. The standard InChI is InChI=1S/C14H23NO10/c1-6(16)15-9-8(18)4-14(23,12(20)21)25-10(9)11(19)13(3,22)5-24-7(2)17/h8-11,18-19,22-23H,4-5H2,1-3H3,(H,15,16)(H,20,21)/t8-,9+,10+,11-,13+,14?/m0/s1. The Morgan fingerprint density at radius 3 is 2.40 bits per heavy atom. The molecule has 1 fully saturated rings. The van der Waals surface area contributed by atoms with Gasteiger partial charge in [-0.2, -0.15) is 0 Å². The number of hydrogen-bond acceptors (Lipinski definition) is 9. The van der Waals surface area contributed by atoms with Gasteiger partial charge in [-0.15, -0.1) is 0 Å². The van der Waals surface area contributed by atoms with Crippen LogP contribution in [0.2, 0.25) is 0 Å². The number of rotatable bonds is 6. The van der Waals surface area contributed by atoms with Crippen molar-refractivity contribution in [3.05, 3.63) is 0 Å². The minimum Gasteiger partial charge on any atom is -0.477 e.